The topological polar surface area (TPSA) is 58.7 Å². The van der Waals surface area contributed by atoms with E-state index in [9.17, 15) is 4.79 Å². The van der Waals surface area contributed by atoms with Crippen LogP contribution in [0.3, 0.4) is 0 Å². The number of nitrogens with two attached hydrogens (primary N) is 1. The summed E-state index contributed by atoms with van der Waals surface area (Å²) < 4.78 is 0. The second kappa shape index (κ2) is 6.65. The van der Waals surface area contributed by atoms with E-state index in [4.69, 9.17) is 5.73 Å². The van der Waals surface area contributed by atoms with Gasteiger partial charge in [0, 0.05) is 17.8 Å². The van der Waals surface area contributed by atoms with Crippen molar-refractivity contribution in [1.29, 1.82) is 0 Å². The summed E-state index contributed by atoms with van der Waals surface area (Å²) in [5.41, 5.74) is 10.3. The molecule has 2 N–H and O–H groups in total. The van der Waals surface area contributed by atoms with Gasteiger partial charge in [-0.25, -0.2) is 5.01 Å². The number of nitrogens with zero attached hydrogens (tertiary/aromatic N) is 2. The number of benzene rings is 2. The minimum Gasteiger partial charge on any atom is -0.399 e. The molecule has 0 aromatic heterocycles. The van der Waals surface area contributed by atoms with E-state index in [1.807, 2.05) is 0 Å². The molecule has 2 aromatic rings. The van der Waals surface area contributed by atoms with Crippen LogP contribution < -0.4 is 5.73 Å². The van der Waals surface area contributed by atoms with Gasteiger partial charge in [-0.3, -0.25) is 4.79 Å². The molecule has 23 heavy (non-hydrogen) atoms. The zero-order valence-electron chi connectivity index (χ0n) is 13.3. The van der Waals surface area contributed by atoms with Crippen molar-refractivity contribution in [2.75, 3.05) is 12.3 Å². The molecule has 0 bridgehead atoms. The summed E-state index contributed by atoms with van der Waals surface area (Å²) in [6.07, 6.45) is 2.85. The fourth-order valence-electron chi connectivity index (χ4n) is 2.70. The average molecular weight is 307 g/mol. The molecule has 4 heteroatoms. The second-order valence-corrected chi connectivity index (χ2v) is 5.75. The van der Waals surface area contributed by atoms with Crippen LogP contribution in [0.2, 0.25) is 0 Å². The molecule has 0 radical (unpaired) electrons. The van der Waals surface area contributed by atoms with Gasteiger partial charge in [-0.2, -0.15) is 5.10 Å². The van der Waals surface area contributed by atoms with Crippen LogP contribution in [0.5, 0.6) is 0 Å². The number of anilines is 1. The molecule has 3 rings (SSSR count). The predicted molar refractivity (Wildman–Crippen MR) is 93.5 cm³/mol. The Morgan fingerprint density at radius 3 is 2.48 bits per heavy atom. The Hall–Kier alpha value is -2.62. The molecule has 2 aromatic carbocycles. The van der Waals surface area contributed by atoms with E-state index < -0.39 is 0 Å². The van der Waals surface area contributed by atoms with Crippen LogP contribution >= 0.6 is 0 Å². The van der Waals surface area contributed by atoms with E-state index in [-0.39, 0.29) is 5.91 Å². The molecule has 1 aliphatic heterocycles. The monoisotopic (exact) mass is 307 g/mol. The summed E-state index contributed by atoms with van der Waals surface area (Å²) in [6, 6.07) is 15.4. The van der Waals surface area contributed by atoms with E-state index >= 15 is 0 Å². The number of hydrogen-bond acceptors (Lipinski definition) is 3. The fraction of sp³-hybridized carbons (Fsp3) is 0.263. The van der Waals surface area contributed by atoms with Crippen LogP contribution in [0, 0.1) is 0 Å². The smallest absolute Gasteiger partial charge is 0.273 e. The van der Waals surface area contributed by atoms with Crippen LogP contribution in [0.15, 0.2) is 53.6 Å². The predicted octanol–water partition coefficient (Wildman–Crippen LogP) is 3.47. The Kier molecular flexibility index (Phi) is 4.42. The largest absolute Gasteiger partial charge is 0.399 e. The summed E-state index contributed by atoms with van der Waals surface area (Å²) in [5, 5.41) is 6.14. The van der Waals surface area contributed by atoms with E-state index in [1.54, 1.807) is 29.3 Å². The summed E-state index contributed by atoms with van der Waals surface area (Å²) in [4.78, 5) is 12.6. The first kappa shape index (κ1) is 15.3. The quantitative estimate of drug-likeness (QED) is 0.883. The van der Waals surface area contributed by atoms with Gasteiger partial charge in [0.05, 0.1) is 5.71 Å². The molecule has 0 saturated heterocycles. The number of hydrazone groups is 1. The van der Waals surface area contributed by atoms with Crippen molar-refractivity contribution in [1.82, 2.24) is 5.01 Å². The molecule has 1 amide bonds. The second-order valence-electron chi connectivity index (χ2n) is 5.75. The molecule has 1 aliphatic rings. The maximum atomic E-state index is 12.6. The Morgan fingerprint density at radius 1 is 1.13 bits per heavy atom. The highest BCUT2D eigenvalue weighted by atomic mass is 16.2. The highest BCUT2D eigenvalue weighted by Crippen LogP contribution is 2.18. The molecular formula is C19H21N3O. The Balaban J connectivity index is 1.82. The van der Waals surface area contributed by atoms with E-state index in [0.29, 0.717) is 17.8 Å². The van der Waals surface area contributed by atoms with Gasteiger partial charge in [0.15, 0.2) is 0 Å². The van der Waals surface area contributed by atoms with Gasteiger partial charge >= 0.3 is 0 Å². The standard InChI is InChI=1S/C19H21N3O/c1-2-14-5-7-15(8-6-14)18-4-3-13-22(21-18)19(23)16-9-11-17(20)12-10-16/h5-12H,2-4,13,20H2,1H3. The first-order valence-corrected chi connectivity index (χ1v) is 8.01. The Bertz CT molecular complexity index is 717. The summed E-state index contributed by atoms with van der Waals surface area (Å²) in [7, 11) is 0. The number of rotatable bonds is 3. The molecule has 0 aliphatic carbocycles. The SMILES string of the molecule is CCc1ccc(C2=NN(C(=O)c3ccc(N)cc3)CCC2)cc1. The maximum absolute atomic E-state index is 12.6. The van der Waals surface area contributed by atoms with E-state index in [0.717, 1.165) is 30.5 Å². The van der Waals surface area contributed by atoms with Crippen molar-refractivity contribution in [3.05, 3.63) is 65.2 Å². The lowest BCUT2D eigenvalue weighted by molar-refractivity contribution is 0.0751. The highest BCUT2D eigenvalue weighted by molar-refractivity contribution is 6.03. The molecule has 0 fully saturated rings. The van der Waals surface area contributed by atoms with Crippen LogP contribution in [0.1, 0.15) is 41.3 Å². The van der Waals surface area contributed by atoms with Gasteiger partial charge in [0.2, 0.25) is 0 Å². The van der Waals surface area contributed by atoms with Crippen molar-refractivity contribution in [3.8, 4) is 0 Å². The van der Waals surface area contributed by atoms with Gasteiger partial charge in [0.25, 0.3) is 5.91 Å². The zero-order chi connectivity index (χ0) is 16.2. The lowest BCUT2D eigenvalue weighted by Gasteiger charge is -2.24. The van der Waals surface area contributed by atoms with Crippen molar-refractivity contribution in [2.24, 2.45) is 5.10 Å². The number of carbonyl (C=O) groups is 1. The van der Waals surface area contributed by atoms with Crippen LogP contribution in [0.25, 0.3) is 0 Å². The third-order valence-corrected chi connectivity index (χ3v) is 4.11. The molecular weight excluding hydrogens is 286 g/mol. The first-order chi connectivity index (χ1) is 11.2. The van der Waals surface area contributed by atoms with E-state index in [2.05, 4.69) is 36.3 Å². The van der Waals surface area contributed by atoms with Crippen molar-refractivity contribution in [2.45, 2.75) is 26.2 Å². The lowest BCUT2D eigenvalue weighted by Crippen LogP contribution is -2.32. The van der Waals surface area contributed by atoms with Gasteiger partial charge in [-0.1, -0.05) is 31.2 Å². The fourth-order valence-corrected chi connectivity index (χ4v) is 2.70. The third-order valence-electron chi connectivity index (χ3n) is 4.11. The van der Waals surface area contributed by atoms with Gasteiger partial charge in [0.1, 0.15) is 0 Å². The molecule has 0 unspecified atom stereocenters. The molecule has 0 saturated carbocycles. The number of hydrogen-bond donors (Lipinski definition) is 1. The minimum atomic E-state index is -0.0765. The molecule has 1 heterocycles. The van der Waals surface area contributed by atoms with Crippen molar-refractivity contribution < 1.29 is 4.79 Å². The summed E-state index contributed by atoms with van der Waals surface area (Å²) in [6.45, 7) is 2.79. The summed E-state index contributed by atoms with van der Waals surface area (Å²) in [5.74, 6) is -0.0765. The average Bonchev–Trinajstić information content (AvgIpc) is 2.62. The molecule has 118 valence electrons. The zero-order valence-corrected chi connectivity index (χ0v) is 13.3. The van der Waals surface area contributed by atoms with Crippen LogP contribution in [0.4, 0.5) is 5.69 Å². The highest BCUT2D eigenvalue weighted by Gasteiger charge is 2.20. The lowest BCUT2D eigenvalue weighted by atomic mass is 10.0. The number of nitrogen functional groups attached to an aromatic ring is 1. The molecule has 0 atom stereocenters. The molecule has 4 nitrogen and oxygen atoms in total. The van der Waals surface area contributed by atoms with Gasteiger partial charge < -0.3 is 5.73 Å². The third kappa shape index (κ3) is 3.42. The minimum absolute atomic E-state index is 0.0765. The normalized spacial score (nSPS) is 14.5. The van der Waals surface area contributed by atoms with Crippen molar-refractivity contribution in [3.63, 3.8) is 0 Å². The number of aryl methyl sites for hydroxylation is 1. The number of amides is 1. The van der Waals surface area contributed by atoms with Crippen LogP contribution in [-0.2, 0) is 6.42 Å². The first-order valence-electron chi connectivity index (χ1n) is 8.01. The van der Waals surface area contributed by atoms with Gasteiger partial charge in [-0.15, -0.1) is 0 Å². The Morgan fingerprint density at radius 2 is 1.83 bits per heavy atom. The molecule has 0 spiro atoms. The van der Waals surface area contributed by atoms with Crippen LogP contribution in [-0.4, -0.2) is 23.2 Å². The van der Waals surface area contributed by atoms with Gasteiger partial charge in [-0.05, 0) is 54.7 Å². The number of carbonyl (C=O) groups excluding carboxylic acids is 1. The Labute approximate surface area is 136 Å². The maximum Gasteiger partial charge on any atom is 0.273 e. The summed E-state index contributed by atoms with van der Waals surface area (Å²) >= 11 is 0. The van der Waals surface area contributed by atoms with Crippen molar-refractivity contribution >= 4 is 17.3 Å². The van der Waals surface area contributed by atoms with E-state index in [1.165, 1.54) is 5.56 Å².